The smallest absolute Gasteiger partial charge is 0.104 e. The second kappa shape index (κ2) is 30.9. The molecule has 0 heterocycles. The van der Waals surface area contributed by atoms with Crippen molar-refractivity contribution in [1.29, 1.82) is 0 Å². The molecule has 0 aromatic rings. The Morgan fingerprint density at radius 3 is 0.957 bits per heavy atom. The standard InChI is InChI=1S/C43H88O3/c1-35(2)17-11-19-37(5)21-13-23-39(7)25-15-27-41(9)29-31-45-34-43(33-44)46-32-30-42(10)28-16-26-40(8)24-14-22-38(6)20-12-18-36(3)4/h35-44H,11-34H2,1-10H3/t37-,38-,39-,40-,41+,42+,43-/m1/s1. The van der Waals surface area contributed by atoms with E-state index in [1.54, 1.807) is 0 Å². The average Bonchev–Trinajstić information content (AvgIpc) is 2.98. The molecule has 278 valence electrons. The molecule has 1 N–H and O–H groups in total. The molecule has 7 atom stereocenters. The van der Waals surface area contributed by atoms with E-state index in [2.05, 4.69) is 69.2 Å². The van der Waals surface area contributed by atoms with Crippen LogP contribution in [0.4, 0.5) is 0 Å². The molecule has 3 heteroatoms. The maximum absolute atomic E-state index is 9.78. The van der Waals surface area contributed by atoms with Gasteiger partial charge in [-0.05, 0) is 60.2 Å². The van der Waals surface area contributed by atoms with Crippen molar-refractivity contribution in [2.45, 2.75) is 204 Å². The molecule has 0 aliphatic heterocycles. The minimum atomic E-state index is -0.186. The summed E-state index contributed by atoms with van der Waals surface area (Å²) in [6.45, 7) is 25.9. The Bertz CT molecular complexity index is 619. The Labute approximate surface area is 291 Å². The van der Waals surface area contributed by atoms with Gasteiger partial charge in [0.05, 0.1) is 13.2 Å². The van der Waals surface area contributed by atoms with Gasteiger partial charge in [0, 0.05) is 13.2 Å². The molecule has 0 aromatic heterocycles. The van der Waals surface area contributed by atoms with Crippen LogP contribution in [-0.4, -0.2) is 37.6 Å². The van der Waals surface area contributed by atoms with Crippen molar-refractivity contribution in [3.63, 3.8) is 0 Å². The predicted molar refractivity (Wildman–Crippen MR) is 205 cm³/mol. The Morgan fingerprint density at radius 1 is 0.370 bits per heavy atom. The Morgan fingerprint density at radius 2 is 0.652 bits per heavy atom. The Kier molecular flexibility index (Phi) is 30.8. The maximum atomic E-state index is 9.78. The van der Waals surface area contributed by atoms with E-state index in [1.165, 1.54) is 116 Å². The highest BCUT2D eigenvalue weighted by Gasteiger charge is 2.13. The van der Waals surface area contributed by atoms with Crippen LogP contribution in [0.5, 0.6) is 0 Å². The Hall–Kier alpha value is -0.120. The molecule has 0 spiro atoms. The first-order valence-corrected chi connectivity index (χ1v) is 20.7. The van der Waals surface area contributed by atoms with Crippen LogP contribution < -0.4 is 0 Å². The van der Waals surface area contributed by atoms with E-state index in [9.17, 15) is 5.11 Å². The SMILES string of the molecule is CC(C)CCC[C@@H](C)CCC[C@@H](C)CCC[C@H](C)CCOC[C@@H](CO)OCC[C@@H](C)CCC[C@H](C)CCC[C@H](C)CCCC(C)C. The van der Waals surface area contributed by atoms with E-state index >= 15 is 0 Å². The van der Waals surface area contributed by atoms with Crippen molar-refractivity contribution >= 4 is 0 Å². The molecule has 0 saturated carbocycles. The third-order valence-electron chi connectivity index (χ3n) is 10.8. The molecule has 46 heavy (non-hydrogen) atoms. The highest BCUT2D eigenvalue weighted by atomic mass is 16.5. The van der Waals surface area contributed by atoms with Crippen molar-refractivity contribution in [1.82, 2.24) is 0 Å². The van der Waals surface area contributed by atoms with Gasteiger partial charge < -0.3 is 14.6 Å². The third kappa shape index (κ3) is 31.2. The molecule has 3 nitrogen and oxygen atoms in total. The van der Waals surface area contributed by atoms with Crippen molar-refractivity contribution < 1.29 is 14.6 Å². The number of aliphatic hydroxyl groups excluding tert-OH is 1. The van der Waals surface area contributed by atoms with E-state index in [0.29, 0.717) is 18.4 Å². The molecule has 0 saturated heterocycles. The minimum Gasteiger partial charge on any atom is -0.394 e. The lowest BCUT2D eigenvalue weighted by molar-refractivity contribution is -0.0471. The van der Waals surface area contributed by atoms with Gasteiger partial charge in [-0.2, -0.15) is 0 Å². The zero-order valence-electron chi connectivity index (χ0n) is 33.4. The van der Waals surface area contributed by atoms with Gasteiger partial charge in [-0.25, -0.2) is 0 Å². The maximum Gasteiger partial charge on any atom is 0.104 e. The molecule has 0 rings (SSSR count). The van der Waals surface area contributed by atoms with Crippen molar-refractivity contribution in [2.75, 3.05) is 26.4 Å². The summed E-state index contributed by atoms with van der Waals surface area (Å²) in [6.07, 6.45) is 26.8. The molecule has 0 aromatic carbocycles. The monoisotopic (exact) mass is 653 g/mol. The number of hydrogen-bond acceptors (Lipinski definition) is 3. The number of aliphatic hydroxyl groups is 1. The number of ether oxygens (including phenoxy) is 2. The average molecular weight is 653 g/mol. The molecule has 0 unspecified atom stereocenters. The first-order chi connectivity index (χ1) is 21.9. The van der Waals surface area contributed by atoms with Crippen LogP contribution in [0.3, 0.4) is 0 Å². The van der Waals surface area contributed by atoms with Crippen LogP contribution in [0, 0.1) is 47.3 Å². The van der Waals surface area contributed by atoms with Gasteiger partial charge in [-0.1, -0.05) is 185 Å². The summed E-state index contributed by atoms with van der Waals surface area (Å²) in [5, 5.41) is 9.78. The van der Waals surface area contributed by atoms with Gasteiger partial charge in [0.2, 0.25) is 0 Å². The van der Waals surface area contributed by atoms with E-state index in [0.717, 1.165) is 61.6 Å². The van der Waals surface area contributed by atoms with Crippen molar-refractivity contribution in [2.24, 2.45) is 47.3 Å². The summed E-state index contributed by atoms with van der Waals surface area (Å²) in [7, 11) is 0. The quantitative estimate of drug-likeness (QED) is 0.0703. The molecule has 0 amide bonds. The first kappa shape index (κ1) is 45.9. The van der Waals surface area contributed by atoms with Crippen molar-refractivity contribution in [3.05, 3.63) is 0 Å². The van der Waals surface area contributed by atoms with E-state index in [4.69, 9.17) is 9.47 Å². The summed E-state index contributed by atoms with van der Waals surface area (Å²) >= 11 is 0. The highest BCUT2D eigenvalue weighted by Crippen LogP contribution is 2.24. The lowest BCUT2D eigenvalue weighted by Gasteiger charge is -2.19. The minimum absolute atomic E-state index is 0.0480. The normalized spacial score (nSPS) is 16.9. The van der Waals surface area contributed by atoms with Crippen LogP contribution in [-0.2, 0) is 9.47 Å². The van der Waals surface area contributed by atoms with Gasteiger partial charge in [-0.15, -0.1) is 0 Å². The topological polar surface area (TPSA) is 38.7 Å². The van der Waals surface area contributed by atoms with E-state index < -0.39 is 0 Å². The van der Waals surface area contributed by atoms with Crippen LogP contribution >= 0.6 is 0 Å². The molecular formula is C43H88O3. The lowest BCUT2D eigenvalue weighted by atomic mass is 9.91. The second-order valence-corrected chi connectivity index (χ2v) is 17.3. The zero-order valence-corrected chi connectivity index (χ0v) is 33.4. The summed E-state index contributed by atoms with van der Waals surface area (Å²) in [6, 6.07) is 0. The van der Waals surface area contributed by atoms with E-state index in [1.807, 2.05) is 0 Å². The third-order valence-corrected chi connectivity index (χ3v) is 10.8. The zero-order chi connectivity index (χ0) is 34.6. The number of rotatable bonds is 34. The van der Waals surface area contributed by atoms with E-state index in [-0.39, 0.29) is 12.7 Å². The molecule has 0 fully saturated rings. The number of hydrogen-bond donors (Lipinski definition) is 1. The summed E-state index contributed by atoms with van der Waals surface area (Å²) in [5.74, 6) is 6.57. The molecule has 0 aliphatic carbocycles. The van der Waals surface area contributed by atoms with Gasteiger partial charge in [0.15, 0.2) is 0 Å². The fraction of sp³-hybridized carbons (Fsp3) is 1.00. The van der Waals surface area contributed by atoms with Gasteiger partial charge in [0.25, 0.3) is 0 Å². The van der Waals surface area contributed by atoms with Gasteiger partial charge >= 0.3 is 0 Å². The predicted octanol–water partition coefficient (Wildman–Crippen LogP) is 13.3. The molecular weight excluding hydrogens is 564 g/mol. The fourth-order valence-electron chi connectivity index (χ4n) is 6.96. The molecule has 0 aliphatic rings. The largest absolute Gasteiger partial charge is 0.394 e. The van der Waals surface area contributed by atoms with Crippen molar-refractivity contribution in [3.8, 4) is 0 Å². The highest BCUT2D eigenvalue weighted by molar-refractivity contribution is 4.64. The summed E-state index contributed by atoms with van der Waals surface area (Å²) in [4.78, 5) is 0. The van der Waals surface area contributed by atoms with Crippen LogP contribution in [0.2, 0.25) is 0 Å². The second-order valence-electron chi connectivity index (χ2n) is 17.3. The summed E-state index contributed by atoms with van der Waals surface area (Å²) < 4.78 is 11.9. The Balaban J connectivity index is 3.77. The van der Waals surface area contributed by atoms with Gasteiger partial charge in [0.1, 0.15) is 6.10 Å². The summed E-state index contributed by atoms with van der Waals surface area (Å²) in [5.41, 5.74) is 0. The van der Waals surface area contributed by atoms with Crippen LogP contribution in [0.1, 0.15) is 198 Å². The molecule has 0 bridgehead atoms. The van der Waals surface area contributed by atoms with Gasteiger partial charge in [-0.3, -0.25) is 0 Å². The fourth-order valence-corrected chi connectivity index (χ4v) is 6.96. The molecule has 0 radical (unpaired) electrons. The van der Waals surface area contributed by atoms with Crippen LogP contribution in [0.25, 0.3) is 0 Å². The van der Waals surface area contributed by atoms with Crippen LogP contribution in [0.15, 0.2) is 0 Å². The lowest BCUT2D eigenvalue weighted by Crippen LogP contribution is -2.25. The first-order valence-electron chi connectivity index (χ1n) is 20.7.